The summed E-state index contributed by atoms with van der Waals surface area (Å²) in [5.74, 6) is 1.95. The van der Waals surface area contributed by atoms with Crippen LogP contribution in [0.25, 0.3) is 0 Å². The van der Waals surface area contributed by atoms with Crippen LogP contribution in [0.5, 0.6) is 0 Å². The lowest BCUT2D eigenvalue weighted by molar-refractivity contribution is -0.135. The molecule has 2 atom stereocenters. The number of likely N-dealkylation sites (tertiary alicyclic amines) is 1. The highest BCUT2D eigenvalue weighted by Crippen LogP contribution is 2.60. The first-order valence-electron chi connectivity index (χ1n) is 10.9. The highest BCUT2D eigenvalue weighted by atomic mass is 16.2. The Balaban J connectivity index is 1.31. The van der Waals surface area contributed by atoms with Crippen molar-refractivity contribution in [1.82, 2.24) is 25.0 Å². The monoisotopic (exact) mass is 371 g/mol. The summed E-state index contributed by atoms with van der Waals surface area (Å²) < 4.78 is 2.12. The van der Waals surface area contributed by atoms with Gasteiger partial charge in [-0.3, -0.25) is 4.79 Å². The van der Waals surface area contributed by atoms with Crippen molar-refractivity contribution in [3.8, 4) is 0 Å². The highest BCUT2D eigenvalue weighted by molar-refractivity contribution is 5.79. The molecule has 5 fully saturated rings. The third-order valence-corrected chi connectivity index (χ3v) is 7.95. The zero-order valence-electron chi connectivity index (χ0n) is 16.7. The van der Waals surface area contributed by atoms with Crippen LogP contribution in [0, 0.1) is 17.8 Å². The van der Waals surface area contributed by atoms with Crippen molar-refractivity contribution < 1.29 is 4.79 Å². The minimum Gasteiger partial charge on any atom is -0.350 e. The number of hydrogen-bond acceptors (Lipinski definition) is 4. The van der Waals surface area contributed by atoms with E-state index < -0.39 is 0 Å². The van der Waals surface area contributed by atoms with Gasteiger partial charge in [0.2, 0.25) is 5.91 Å². The third kappa shape index (κ3) is 3.00. The van der Waals surface area contributed by atoms with Gasteiger partial charge >= 0.3 is 0 Å². The summed E-state index contributed by atoms with van der Waals surface area (Å²) in [7, 11) is 0. The topological polar surface area (TPSA) is 63.1 Å². The molecule has 0 aromatic carbocycles. The Morgan fingerprint density at radius 3 is 2.44 bits per heavy atom. The van der Waals surface area contributed by atoms with Crippen LogP contribution in [0.15, 0.2) is 12.7 Å². The van der Waals surface area contributed by atoms with Crippen molar-refractivity contribution in [2.45, 2.75) is 82.3 Å². The molecule has 6 heteroatoms. The summed E-state index contributed by atoms with van der Waals surface area (Å²) in [6.07, 6.45) is 12.7. The summed E-state index contributed by atoms with van der Waals surface area (Å²) >= 11 is 0. The minimum absolute atomic E-state index is 0.0116. The van der Waals surface area contributed by atoms with Crippen LogP contribution in [-0.4, -0.2) is 50.2 Å². The standard InChI is InChI=1S/C21H33N5O/c1-15(2)25-5-3-18(4-6-25)19(27)24-20-8-16-7-17(9-20)11-21(10-16,12-20)26-14-22-13-23-26/h13-18H,3-12H2,1-2H3,(H,24,27)/t16-,17-,20?,21?/m1/s1. The maximum absolute atomic E-state index is 13.2. The van der Waals surface area contributed by atoms with Crippen LogP contribution in [0.3, 0.4) is 0 Å². The van der Waals surface area contributed by atoms with Gasteiger partial charge in [0.15, 0.2) is 0 Å². The molecule has 1 N–H and O–H groups in total. The average molecular weight is 372 g/mol. The second-order valence-electron chi connectivity index (χ2n) is 10.2. The summed E-state index contributed by atoms with van der Waals surface area (Å²) in [5.41, 5.74) is 0.0666. The maximum atomic E-state index is 13.2. The lowest BCUT2D eigenvalue weighted by Crippen LogP contribution is -2.66. The number of nitrogens with one attached hydrogen (secondary N) is 1. The molecule has 1 aromatic rings. The molecule has 1 aliphatic heterocycles. The zero-order valence-corrected chi connectivity index (χ0v) is 16.7. The van der Waals surface area contributed by atoms with Gasteiger partial charge in [-0.1, -0.05) is 0 Å². The van der Waals surface area contributed by atoms with Crippen LogP contribution in [-0.2, 0) is 10.3 Å². The molecule has 1 amide bonds. The normalized spacial score (nSPS) is 39.2. The fourth-order valence-corrected chi connectivity index (χ4v) is 7.12. The zero-order chi connectivity index (χ0) is 18.6. The highest BCUT2D eigenvalue weighted by Gasteiger charge is 2.59. The van der Waals surface area contributed by atoms with E-state index in [2.05, 4.69) is 38.8 Å². The molecule has 4 bridgehead atoms. The van der Waals surface area contributed by atoms with E-state index in [1.54, 1.807) is 6.33 Å². The van der Waals surface area contributed by atoms with Crippen LogP contribution in [0.2, 0.25) is 0 Å². The number of aromatic nitrogens is 3. The van der Waals surface area contributed by atoms with E-state index in [4.69, 9.17) is 0 Å². The molecule has 1 saturated heterocycles. The molecule has 27 heavy (non-hydrogen) atoms. The molecule has 0 radical (unpaired) electrons. The lowest BCUT2D eigenvalue weighted by Gasteiger charge is -2.62. The Morgan fingerprint density at radius 2 is 1.85 bits per heavy atom. The first-order valence-corrected chi connectivity index (χ1v) is 10.9. The van der Waals surface area contributed by atoms with E-state index in [1.807, 2.05) is 6.33 Å². The molecule has 2 heterocycles. The Kier molecular flexibility index (Phi) is 4.12. The van der Waals surface area contributed by atoms with Gasteiger partial charge in [-0.05, 0) is 90.1 Å². The van der Waals surface area contributed by atoms with Crippen LogP contribution in [0.4, 0.5) is 0 Å². The molecule has 5 aliphatic rings. The van der Waals surface area contributed by atoms with E-state index in [1.165, 1.54) is 19.3 Å². The predicted molar refractivity (Wildman–Crippen MR) is 103 cm³/mol. The first-order chi connectivity index (χ1) is 13.0. The van der Waals surface area contributed by atoms with E-state index in [0.717, 1.165) is 57.0 Å². The van der Waals surface area contributed by atoms with Crippen molar-refractivity contribution in [2.24, 2.45) is 17.8 Å². The second kappa shape index (κ2) is 6.29. The van der Waals surface area contributed by atoms with Gasteiger partial charge in [-0.2, -0.15) is 5.10 Å². The third-order valence-electron chi connectivity index (χ3n) is 7.95. The molecular formula is C21H33N5O. The quantitative estimate of drug-likeness (QED) is 0.884. The van der Waals surface area contributed by atoms with Gasteiger partial charge in [0, 0.05) is 17.5 Å². The van der Waals surface area contributed by atoms with Crippen molar-refractivity contribution in [3.05, 3.63) is 12.7 Å². The summed E-state index contributed by atoms with van der Waals surface area (Å²) in [6, 6.07) is 0.583. The number of carbonyl (C=O) groups is 1. The molecule has 1 aromatic heterocycles. The van der Waals surface area contributed by atoms with Gasteiger partial charge in [0.1, 0.15) is 12.7 Å². The Hall–Kier alpha value is -1.43. The summed E-state index contributed by atoms with van der Waals surface area (Å²) in [5, 5.41) is 8.12. The van der Waals surface area contributed by atoms with Gasteiger partial charge in [0.05, 0.1) is 5.54 Å². The van der Waals surface area contributed by atoms with Crippen molar-refractivity contribution in [3.63, 3.8) is 0 Å². The summed E-state index contributed by atoms with van der Waals surface area (Å²) in [6.45, 7) is 6.60. The maximum Gasteiger partial charge on any atom is 0.223 e. The molecule has 6 rings (SSSR count). The Labute approximate surface area is 162 Å². The number of piperidine rings is 1. The van der Waals surface area contributed by atoms with Gasteiger partial charge in [0.25, 0.3) is 0 Å². The molecular weight excluding hydrogens is 338 g/mol. The van der Waals surface area contributed by atoms with Crippen LogP contribution >= 0.6 is 0 Å². The van der Waals surface area contributed by atoms with Crippen LogP contribution in [0.1, 0.15) is 65.2 Å². The first kappa shape index (κ1) is 17.7. The van der Waals surface area contributed by atoms with Crippen molar-refractivity contribution >= 4 is 5.91 Å². The summed E-state index contributed by atoms with van der Waals surface area (Å²) in [4.78, 5) is 19.9. The van der Waals surface area contributed by atoms with Crippen molar-refractivity contribution in [1.29, 1.82) is 0 Å². The van der Waals surface area contributed by atoms with E-state index in [0.29, 0.717) is 11.9 Å². The molecule has 0 unspecified atom stereocenters. The second-order valence-corrected chi connectivity index (χ2v) is 10.2. The number of amides is 1. The average Bonchev–Trinajstić information content (AvgIpc) is 3.16. The van der Waals surface area contributed by atoms with Crippen molar-refractivity contribution in [2.75, 3.05) is 13.1 Å². The van der Waals surface area contributed by atoms with Gasteiger partial charge in [-0.25, -0.2) is 9.67 Å². The number of rotatable bonds is 4. The largest absolute Gasteiger partial charge is 0.350 e. The molecule has 4 aliphatic carbocycles. The molecule has 4 saturated carbocycles. The fraction of sp³-hybridized carbons (Fsp3) is 0.857. The molecule has 6 nitrogen and oxygen atoms in total. The van der Waals surface area contributed by atoms with E-state index in [9.17, 15) is 4.79 Å². The Morgan fingerprint density at radius 1 is 1.15 bits per heavy atom. The Bertz CT molecular complexity index is 677. The number of carbonyl (C=O) groups excluding carboxylic acids is 1. The van der Waals surface area contributed by atoms with E-state index >= 15 is 0 Å². The fourth-order valence-electron chi connectivity index (χ4n) is 7.12. The molecule has 148 valence electrons. The van der Waals surface area contributed by atoms with E-state index in [-0.39, 0.29) is 17.0 Å². The van der Waals surface area contributed by atoms with Crippen LogP contribution < -0.4 is 5.32 Å². The van der Waals surface area contributed by atoms with Gasteiger partial charge < -0.3 is 10.2 Å². The number of nitrogens with zero attached hydrogens (tertiary/aromatic N) is 4. The number of hydrogen-bond donors (Lipinski definition) is 1. The SMILES string of the molecule is CC(C)N1CCC(C(=O)NC23C[C@H]4C[C@H](C2)CC(n2cncn2)(C4)C3)CC1. The predicted octanol–water partition coefficient (Wildman–Crippen LogP) is 2.56. The van der Waals surface area contributed by atoms with Gasteiger partial charge in [-0.15, -0.1) is 0 Å². The smallest absolute Gasteiger partial charge is 0.223 e. The molecule has 0 spiro atoms. The minimum atomic E-state index is -0.0116. The lowest BCUT2D eigenvalue weighted by atomic mass is 9.50.